The summed E-state index contributed by atoms with van der Waals surface area (Å²) in [5.41, 5.74) is 1.42. The summed E-state index contributed by atoms with van der Waals surface area (Å²) in [6, 6.07) is 7.04. The predicted octanol–water partition coefficient (Wildman–Crippen LogP) is 4.04. The molecule has 0 aliphatic carbocycles. The fourth-order valence-corrected chi connectivity index (χ4v) is 2.00. The smallest absolute Gasteiger partial charge is 0.227 e. The molecule has 0 saturated heterocycles. The van der Waals surface area contributed by atoms with Crippen LogP contribution in [0.1, 0.15) is 56.8 Å². The molecule has 1 atom stereocenters. The van der Waals surface area contributed by atoms with Gasteiger partial charge in [-0.05, 0) is 44.0 Å². The third-order valence-electron chi connectivity index (χ3n) is 3.33. The number of carbonyl (C=O) groups excluding carboxylic acids is 2. The van der Waals surface area contributed by atoms with Gasteiger partial charge >= 0.3 is 0 Å². The van der Waals surface area contributed by atoms with Crippen molar-refractivity contribution in [2.24, 2.45) is 5.92 Å². The zero-order valence-corrected chi connectivity index (χ0v) is 12.0. The minimum Gasteiger partial charge on any atom is -0.326 e. The van der Waals surface area contributed by atoms with Gasteiger partial charge in [-0.3, -0.25) is 9.59 Å². The van der Waals surface area contributed by atoms with Crippen LogP contribution in [0.3, 0.4) is 0 Å². The molecule has 1 rings (SSSR count). The van der Waals surface area contributed by atoms with Crippen molar-refractivity contribution < 1.29 is 9.59 Å². The number of hydrogen-bond donors (Lipinski definition) is 1. The molecule has 1 N–H and O–H groups in total. The molecule has 3 heteroatoms. The Bertz CT molecular complexity index is 423. The molecule has 0 saturated carbocycles. The van der Waals surface area contributed by atoms with E-state index >= 15 is 0 Å². The summed E-state index contributed by atoms with van der Waals surface area (Å²) in [6.45, 7) is 5.70. The SMILES string of the molecule is CCCC[C@@H](CC)C(=O)Nc1ccc(C(C)=O)cc1. The van der Waals surface area contributed by atoms with Crippen molar-refractivity contribution in [2.75, 3.05) is 5.32 Å². The van der Waals surface area contributed by atoms with Crippen LogP contribution in [-0.2, 0) is 4.79 Å². The zero-order valence-electron chi connectivity index (χ0n) is 12.0. The summed E-state index contributed by atoms with van der Waals surface area (Å²) in [4.78, 5) is 23.3. The minimum atomic E-state index is 0.0345. The van der Waals surface area contributed by atoms with E-state index in [0.717, 1.165) is 31.4 Å². The molecule has 0 aliphatic heterocycles. The summed E-state index contributed by atoms with van der Waals surface area (Å²) in [7, 11) is 0. The predicted molar refractivity (Wildman–Crippen MR) is 78.4 cm³/mol. The van der Waals surface area contributed by atoms with Crippen LogP contribution in [-0.4, -0.2) is 11.7 Å². The van der Waals surface area contributed by atoms with Crippen molar-refractivity contribution >= 4 is 17.4 Å². The Labute approximate surface area is 115 Å². The molecule has 1 aromatic carbocycles. The fraction of sp³-hybridized carbons (Fsp3) is 0.500. The summed E-state index contributed by atoms with van der Waals surface area (Å²) in [6.07, 6.45) is 3.98. The van der Waals surface area contributed by atoms with Crippen LogP contribution in [0.4, 0.5) is 5.69 Å². The number of benzene rings is 1. The maximum atomic E-state index is 12.1. The Balaban J connectivity index is 2.62. The molecule has 3 nitrogen and oxygen atoms in total. The number of ketones is 1. The van der Waals surface area contributed by atoms with Crippen molar-refractivity contribution in [3.63, 3.8) is 0 Å². The van der Waals surface area contributed by atoms with Gasteiger partial charge in [-0.2, -0.15) is 0 Å². The van der Waals surface area contributed by atoms with E-state index in [1.54, 1.807) is 24.3 Å². The third kappa shape index (κ3) is 4.86. The Morgan fingerprint density at radius 2 is 1.79 bits per heavy atom. The maximum absolute atomic E-state index is 12.1. The summed E-state index contributed by atoms with van der Waals surface area (Å²) < 4.78 is 0. The van der Waals surface area contributed by atoms with E-state index in [9.17, 15) is 9.59 Å². The second-order valence-electron chi connectivity index (χ2n) is 4.87. The highest BCUT2D eigenvalue weighted by Gasteiger charge is 2.15. The molecule has 1 aromatic rings. The zero-order chi connectivity index (χ0) is 14.3. The lowest BCUT2D eigenvalue weighted by Crippen LogP contribution is -2.22. The Morgan fingerprint density at radius 1 is 1.16 bits per heavy atom. The van der Waals surface area contributed by atoms with Crippen LogP contribution in [0.25, 0.3) is 0 Å². The van der Waals surface area contributed by atoms with Gasteiger partial charge in [0.2, 0.25) is 5.91 Å². The van der Waals surface area contributed by atoms with Gasteiger partial charge in [0.25, 0.3) is 0 Å². The largest absolute Gasteiger partial charge is 0.326 e. The second kappa shape index (κ2) is 7.72. The Kier molecular flexibility index (Phi) is 6.26. The lowest BCUT2D eigenvalue weighted by molar-refractivity contribution is -0.120. The van der Waals surface area contributed by atoms with Gasteiger partial charge in [0.1, 0.15) is 0 Å². The van der Waals surface area contributed by atoms with Gasteiger partial charge < -0.3 is 5.32 Å². The van der Waals surface area contributed by atoms with Crippen molar-refractivity contribution in [1.29, 1.82) is 0 Å². The number of carbonyl (C=O) groups is 2. The first-order chi connectivity index (χ1) is 9.08. The molecule has 0 unspecified atom stereocenters. The monoisotopic (exact) mass is 261 g/mol. The average Bonchev–Trinajstić information content (AvgIpc) is 2.40. The number of rotatable bonds is 7. The van der Waals surface area contributed by atoms with Crippen molar-refractivity contribution in [3.05, 3.63) is 29.8 Å². The van der Waals surface area contributed by atoms with Crippen LogP contribution in [0, 0.1) is 5.92 Å². The van der Waals surface area contributed by atoms with Crippen LogP contribution < -0.4 is 5.32 Å². The first-order valence-corrected chi connectivity index (χ1v) is 7.00. The quantitative estimate of drug-likeness (QED) is 0.753. The molecule has 0 fully saturated rings. The van der Waals surface area contributed by atoms with Crippen LogP contribution in [0.15, 0.2) is 24.3 Å². The Morgan fingerprint density at radius 3 is 2.26 bits per heavy atom. The molecule has 19 heavy (non-hydrogen) atoms. The van der Waals surface area contributed by atoms with Crippen LogP contribution in [0.2, 0.25) is 0 Å². The van der Waals surface area contributed by atoms with E-state index in [4.69, 9.17) is 0 Å². The van der Waals surface area contributed by atoms with E-state index in [-0.39, 0.29) is 17.6 Å². The summed E-state index contributed by atoms with van der Waals surface area (Å²) >= 11 is 0. The molecule has 1 amide bonds. The molecule has 0 bridgehead atoms. The van der Waals surface area contributed by atoms with Crippen LogP contribution >= 0.6 is 0 Å². The fourth-order valence-electron chi connectivity index (χ4n) is 2.00. The molecular formula is C16H23NO2. The number of Topliss-reactive ketones (excluding diaryl/α,β-unsaturated/α-hetero) is 1. The second-order valence-corrected chi connectivity index (χ2v) is 4.87. The van der Waals surface area contributed by atoms with Gasteiger partial charge in [0.15, 0.2) is 5.78 Å². The highest BCUT2D eigenvalue weighted by molar-refractivity contribution is 5.96. The average molecular weight is 261 g/mol. The molecule has 0 aromatic heterocycles. The van der Waals surface area contributed by atoms with Crippen molar-refractivity contribution in [3.8, 4) is 0 Å². The molecule has 104 valence electrons. The van der Waals surface area contributed by atoms with Gasteiger partial charge in [-0.1, -0.05) is 26.7 Å². The highest BCUT2D eigenvalue weighted by atomic mass is 16.2. The van der Waals surface area contributed by atoms with E-state index in [1.165, 1.54) is 6.92 Å². The third-order valence-corrected chi connectivity index (χ3v) is 3.33. The molecule has 0 heterocycles. The van der Waals surface area contributed by atoms with Gasteiger partial charge in [-0.15, -0.1) is 0 Å². The van der Waals surface area contributed by atoms with E-state index in [0.29, 0.717) is 5.56 Å². The normalized spacial score (nSPS) is 11.9. The van der Waals surface area contributed by atoms with Crippen molar-refractivity contribution in [2.45, 2.75) is 46.5 Å². The first-order valence-electron chi connectivity index (χ1n) is 7.00. The maximum Gasteiger partial charge on any atom is 0.227 e. The summed E-state index contributed by atoms with van der Waals surface area (Å²) in [5, 5.41) is 2.92. The van der Waals surface area contributed by atoms with Crippen molar-refractivity contribution in [1.82, 2.24) is 0 Å². The minimum absolute atomic E-state index is 0.0345. The van der Waals surface area contributed by atoms with Crippen LogP contribution in [0.5, 0.6) is 0 Å². The summed E-state index contributed by atoms with van der Waals surface area (Å²) in [5.74, 6) is 0.186. The molecular weight excluding hydrogens is 238 g/mol. The van der Waals surface area contributed by atoms with E-state index < -0.39 is 0 Å². The standard InChI is InChI=1S/C16H23NO2/c1-4-6-7-13(5-2)16(19)17-15-10-8-14(9-11-15)12(3)18/h8-11,13H,4-7H2,1-3H3,(H,17,19)/t13-/m1/s1. The molecule has 0 radical (unpaired) electrons. The first kappa shape index (κ1) is 15.4. The number of amides is 1. The van der Waals surface area contributed by atoms with E-state index in [1.807, 2.05) is 6.92 Å². The lowest BCUT2D eigenvalue weighted by atomic mass is 9.98. The van der Waals surface area contributed by atoms with Gasteiger partial charge in [0.05, 0.1) is 0 Å². The number of unbranched alkanes of at least 4 members (excludes halogenated alkanes) is 1. The number of nitrogens with one attached hydrogen (secondary N) is 1. The molecule has 0 aliphatic rings. The Hall–Kier alpha value is -1.64. The lowest BCUT2D eigenvalue weighted by Gasteiger charge is -2.14. The van der Waals surface area contributed by atoms with Gasteiger partial charge in [-0.25, -0.2) is 0 Å². The van der Waals surface area contributed by atoms with Gasteiger partial charge in [0, 0.05) is 17.2 Å². The molecule has 0 spiro atoms. The number of hydrogen-bond acceptors (Lipinski definition) is 2. The topological polar surface area (TPSA) is 46.2 Å². The highest BCUT2D eigenvalue weighted by Crippen LogP contribution is 2.16. The number of anilines is 1. The van der Waals surface area contributed by atoms with E-state index in [2.05, 4.69) is 12.2 Å².